The molecule has 0 saturated carbocycles. The Bertz CT molecular complexity index is 2320. The van der Waals surface area contributed by atoms with Crippen LogP contribution in [0.3, 0.4) is 0 Å². The van der Waals surface area contributed by atoms with Crippen molar-refractivity contribution in [2.75, 3.05) is 0 Å². The van der Waals surface area contributed by atoms with Gasteiger partial charge in [0.15, 0.2) is 0 Å². The summed E-state index contributed by atoms with van der Waals surface area (Å²) in [6.07, 6.45) is 3.69. The van der Waals surface area contributed by atoms with Crippen LogP contribution in [0.4, 0.5) is 13.2 Å². The summed E-state index contributed by atoms with van der Waals surface area (Å²) in [6, 6.07) is 37.5. The van der Waals surface area contributed by atoms with Crippen LogP contribution in [0, 0.1) is 52.5 Å². The van der Waals surface area contributed by atoms with Crippen LogP contribution in [0.5, 0.6) is 0 Å². The minimum absolute atomic E-state index is 0. The Balaban J connectivity index is 0.000000150. The van der Waals surface area contributed by atoms with E-state index >= 15 is 0 Å². The average Bonchev–Trinajstić information content (AvgIpc) is 3.83. The maximum absolute atomic E-state index is 12.2. The molecule has 0 aliphatic rings. The van der Waals surface area contributed by atoms with Gasteiger partial charge in [-0.25, -0.2) is 0 Å². The number of aromatic nitrogens is 7. The maximum Gasteiger partial charge on any atom is 0.431 e. The molecule has 1 radical (unpaired) electrons. The molecule has 0 amide bonds. The number of nitrogens with zero attached hydrogens (tertiary/aromatic N) is 7. The summed E-state index contributed by atoms with van der Waals surface area (Å²) in [5.74, 6) is 0. The average molecular weight is 875 g/mol. The second kappa shape index (κ2) is 15.9. The topological polar surface area (TPSA) is 57.5 Å². The van der Waals surface area contributed by atoms with Crippen LogP contribution in [0.1, 0.15) is 27.9 Å². The van der Waals surface area contributed by atoms with Crippen LogP contribution in [-0.4, -0.2) is 19.2 Å². The van der Waals surface area contributed by atoms with Crippen LogP contribution in [0.15, 0.2) is 103 Å². The number of rotatable bonds is 3. The SMILES string of the molecule is Cc1c[c-]c(-n2[c-][n+](C)c3ccccc32)c(C)c1.Cc1c[c-]c(-n2[c-][n+](C)c3ccccc32)c(C)c1.FC(F)(F)c1cc(-c2ccccn2)[n-]n1.[Ir]. The zero-order valence-electron chi connectivity index (χ0n) is 29.4. The Hall–Kier alpha value is -5.38. The quantitative estimate of drug-likeness (QED) is 0.137. The van der Waals surface area contributed by atoms with Crippen LogP contribution >= 0.6 is 0 Å². The van der Waals surface area contributed by atoms with Gasteiger partial charge in [0, 0.05) is 32.0 Å². The number of para-hydroxylation sites is 4. The number of hydrogen-bond acceptors (Lipinski definition) is 2. The predicted molar refractivity (Wildman–Crippen MR) is 189 cm³/mol. The van der Waals surface area contributed by atoms with E-state index in [2.05, 4.69) is 125 Å². The molecule has 4 aromatic carbocycles. The summed E-state index contributed by atoms with van der Waals surface area (Å²) in [5.41, 5.74) is 11.2. The number of imidazole rings is 2. The molecule has 0 unspecified atom stereocenters. The minimum atomic E-state index is -4.46. The smallest absolute Gasteiger partial charge is 0.431 e. The summed E-state index contributed by atoms with van der Waals surface area (Å²) < 4.78 is 44.8. The van der Waals surface area contributed by atoms with Crippen molar-refractivity contribution in [3.8, 4) is 22.8 Å². The summed E-state index contributed by atoms with van der Waals surface area (Å²) in [7, 11) is 4.03. The van der Waals surface area contributed by atoms with Gasteiger partial charge in [0.1, 0.15) is 5.69 Å². The first-order valence-electron chi connectivity index (χ1n) is 16.2. The number of benzene rings is 4. The predicted octanol–water partition coefficient (Wildman–Crippen LogP) is 7.46. The van der Waals surface area contributed by atoms with Gasteiger partial charge in [-0.2, -0.15) is 71.8 Å². The van der Waals surface area contributed by atoms with E-state index in [4.69, 9.17) is 0 Å². The van der Waals surface area contributed by atoms with E-state index in [1.807, 2.05) is 47.5 Å². The van der Waals surface area contributed by atoms with E-state index in [1.165, 1.54) is 39.5 Å². The third kappa shape index (κ3) is 8.22. The van der Waals surface area contributed by atoms with Crippen molar-refractivity contribution in [2.45, 2.75) is 33.9 Å². The van der Waals surface area contributed by atoms with Crippen LogP contribution in [0.2, 0.25) is 0 Å². The molecule has 8 rings (SSSR count). The first-order valence-corrected chi connectivity index (χ1v) is 16.2. The van der Waals surface area contributed by atoms with Crippen molar-refractivity contribution in [3.63, 3.8) is 0 Å². The molecule has 4 heterocycles. The van der Waals surface area contributed by atoms with Gasteiger partial charge in [-0.05, 0) is 18.2 Å². The molecule has 0 N–H and O–H groups in total. The second-order valence-electron chi connectivity index (χ2n) is 12.2. The molecular formula is C41H35F3IrN7-3. The van der Waals surface area contributed by atoms with Crippen molar-refractivity contribution in [3.05, 3.63) is 156 Å². The molecule has 52 heavy (non-hydrogen) atoms. The number of halogens is 3. The molecule has 0 atom stereocenters. The van der Waals surface area contributed by atoms with Gasteiger partial charge < -0.3 is 28.5 Å². The van der Waals surface area contributed by atoms with Crippen molar-refractivity contribution in [1.29, 1.82) is 0 Å². The Morgan fingerprint density at radius 2 is 1.15 bits per heavy atom. The van der Waals surface area contributed by atoms with Crippen LogP contribution < -0.4 is 14.2 Å². The molecule has 0 fully saturated rings. The molecule has 0 aliphatic heterocycles. The molecular weight excluding hydrogens is 840 g/mol. The van der Waals surface area contributed by atoms with Gasteiger partial charge in [0.05, 0.1) is 36.2 Å². The molecule has 7 nitrogen and oxygen atoms in total. The van der Waals surface area contributed by atoms with Crippen LogP contribution in [-0.2, 0) is 40.4 Å². The van der Waals surface area contributed by atoms with Gasteiger partial charge in [-0.3, -0.25) is 4.98 Å². The van der Waals surface area contributed by atoms with Crippen LogP contribution in [0.25, 0.3) is 44.8 Å². The largest absolute Gasteiger partial charge is 0.573 e. The fourth-order valence-corrected chi connectivity index (χ4v) is 5.78. The van der Waals surface area contributed by atoms with E-state index in [0.717, 1.165) is 28.5 Å². The van der Waals surface area contributed by atoms with Crippen molar-refractivity contribution in [1.82, 2.24) is 24.3 Å². The van der Waals surface area contributed by atoms with E-state index < -0.39 is 11.9 Å². The maximum atomic E-state index is 12.2. The summed E-state index contributed by atoms with van der Waals surface area (Å²) in [6.45, 7) is 8.40. The molecule has 0 spiro atoms. The third-order valence-corrected chi connectivity index (χ3v) is 8.18. The third-order valence-electron chi connectivity index (χ3n) is 8.18. The summed E-state index contributed by atoms with van der Waals surface area (Å²) in [4.78, 5) is 3.87. The number of alkyl halides is 3. The normalized spacial score (nSPS) is 11.0. The Kier molecular flexibility index (Phi) is 11.6. The fourth-order valence-electron chi connectivity index (χ4n) is 5.78. The Morgan fingerprint density at radius 3 is 1.58 bits per heavy atom. The van der Waals surface area contributed by atoms with Gasteiger partial charge in [0.25, 0.3) is 0 Å². The number of fused-ring (bicyclic) bond motifs is 2. The zero-order valence-corrected chi connectivity index (χ0v) is 31.8. The van der Waals surface area contributed by atoms with Crippen molar-refractivity contribution >= 4 is 22.1 Å². The van der Waals surface area contributed by atoms with Gasteiger partial charge in [-0.15, -0.1) is 0 Å². The van der Waals surface area contributed by atoms with Gasteiger partial charge >= 0.3 is 6.18 Å². The number of aryl methyl sites for hydroxylation is 6. The number of hydrogen-bond donors (Lipinski definition) is 0. The summed E-state index contributed by atoms with van der Waals surface area (Å²) >= 11 is 0. The minimum Gasteiger partial charge on any atom is -0.573 e. The zero-order chi connectivity index (χ0) is 36.3. The standard InChI is InChI=1S/2C16H15N2.C9H5F3N3.Ir/c2*1-12-8-9-14(13(2)10-12)18-11-17(3)15-6-4-5-7-16(15)18;10-9(11,12)8-5-7(14-15-8)6-3-1-2-4-13-6;/h2*4-8,10H,1-3H3;1-5H;/q3*-1;. The Labute approximate surface area is 314 Å². The monoisotopic (exact) mass is 875 g/mol. The Morgan fingerprint density at radius 1 is 0.673 bits per heavy atom. The number of pyridine rings is 1. The van der Waals surface area contributed by atoms with E-state index in [1.54, 1.807) is 18.2 Å². The first-order chi connectivity index (χ1) is 24.4. The van der Waals surface area contributed by atoms with E-state index in [9.17, 15) is 13.2 Å². The van der Waals surface area contributed by atoms with Crippen molar-refractivity contribution in [2.24, 2.45) is 14.1 Å². The molecule has 8 aromatic rings. The molecule has 0 saturated heterocycles. The second-order valence-corrected chi connectivity index (χ2v) is 12.2. The van der Waals surface area contributed by atoms with Gasteiger partial charge in [0.2, 0.25) is 12.7 Å². The molecule has 267 valence electrons. The van der Waals surface area contributed by atoms with Crippen molar-refractivity contribution < 1.29 is 42.4 Å². The van der Waals surface area contributed by atoms with E-state index in [0.29, 0.717) is 5.69 Å². The molecule has 0 aliphatic carbocycles. The molecule has 11 heteroatoms. The fraction of sp³-hybridized carbons (Fsp3) is 0.171. The summed E-state index contributed by atoms with van der Waals surface area (Å²) in [5, 5.41) is 6.47. The molecule has 4 aromatic heterocycles. The molecule has 0 bridgehead atoms. The first kappa shape index (κ1) is 37.9. The van der Waals surface area contributed by atoms with Gasteiger partial charge in [-0.1, -0.05) is 99.4 Å². The van der Waals surface area contributed by atoms with E-state index in [-0.39, 0.29) is 25.8 Å².